The topological polar surface area (TPSA) is 76.8 Å². The van der Waals surface area contributed by atoms with Crippen LogP contribution in [0.25, 0.3) is 11.3 Å². The fourth-order valence-electron chi connectivity index (χ4n) is 3.24. The van der Waals surface area contributed by atoms with Crippen LogP contribution in [0.5, 0.6) is 0 Å². The Kier molecular flexibility index (Phi) is 6.98. The molecule has 0 bridgehead atoms. The number of terminal acetylenes is 1. The van der Waals surface area contributed by atoms with Gasteiger partial charge in [-0.3, -0.25) is 0 Å². The van der Waals surface area contributed by atoms with Crippen LogP contribution in [0.4, 0.5) is 0 Å². The molecule has 1 heterocycles. The number of benzene rings is 2. The van der Waals surface area contributed by atoms with E-state index in [0.717, 1.165) is 15.4 Å². The third kappa shape index (κ3) is 4.67. The van der Waals surface area contributed by atoms with Crippen LogP contribution in [0.1, 0.15) is 17.4 Å². The minimum atomic E-state index is -4.11. The molecule has 1 atom stereocenters. The summed E-state index contributed by atoms with van der Waals surface area (Å²) in [6, 6.07) is 17.8. The molecule has 0 amide bonds. The minimum absolute atomic E-state index is 0.0378. The van der Waals surface area contributed by atoms with E-state index in [1.54, 1.807) is 24.3 Å². The van der Waals surface area contributed by atoms with Crippen molar-refractivity contribution in [3.8, 4) is 23.7 Å². The zero-order chi connectivity index (χ0) is 23.3. The zero-order valence-corrected chi connectivity index (χ0v) is 18.6. The van der Waals surface area contributed by atoms with Gasteiger partial charge in [-0.1, -0.05) is 60.5 Å². The Labute approximate surface area is 188 Å². The number of ether oxygens (including phenoxy) is 1. The monoisotopic (exact) mass is 449 g/mol. The van der Waals surface area contributed by atoms with E-state index < -0.39 is 22.0 Å². The van der Waals surface area contributed by atoms with Gasteiger partial charge in [-0.2, -0.15) is 4.31 Å². The first-order chi connectivity index (χ1) is 15.3. The van der Waals surface area contributed by atoms with Gasteiger partial charge in [-0.15, -0.1) is 6.42 Å². The van der Waals surface area contributed by atoms with Gasteiger partial charge >= 0.3 is 5.97 Å². The van der Waals surface area contributed by atoms with E-state index >= 15 is 0 Å². The van der Waals surface area contributed by atoms with E-state index in [-0.39, 0.29) is 22.8 Å². The number of rotatable bonds is 8. The van der Waals surface area contributed by atoms with Crippen molar-refractivity contribution in [2.75, 3.05) is 13.7 Å². The highest BCUT2D eigenvalue weighted by Crippen LogP contribution is 2.36. The summed E-state index contributed by atoms with van der Waals surface area (Å²) in [5.41, 5.74) is 1.58. The second kappa shape index (κ2) is 9.69. The molecule has 6 nitrogen and oxygen atoms in total. The summed E-state index contributed by atoms with van der Waals surface area (Å²) in [4.78, 5) is 12.4. The van der Waals surface area contributed by atoms with Crippen molar-refractivity contribution in [1.29, 1.82) is 0 Å². The minimum Gasteiger partial charge on any atom is -0.466 e. The van der Waals surface area contributed by atoms with Crippen molar-refractivity contribution in [1.82, 2.24) is 4.31 Å². The van der Waals surface area contributed by atoms with Crippen LogP contribution in [0.2, 0.25) is 0 Å². The molecule has 0 radical (unpaired) electrons. The number of aryl methyl sites for hydroxylation is 1. The Morgan fingerprint density at radius 1 is 1.12 bits per heavy atom. The van der Waals surface area contributed by atoms with E-state index in [1.807, 2.05) is 37.3 Å². The molecule has 3 rings (SSSR count). The Bertz CT molecular complexity index is 1250. The lowest BCUT2D eigenvalue weighted by Crippen LogP contribution is -2.37. The van der Waals surface area contributed by atoms with Gasteiger partial charge in [0.25, 0.3) is 0 Å². The highest BCUT2D eigenvalue weighted by molar-refractivity contribution is 7.89. The molecule has 0 aliphatic heterocycles. The molecule has 0 spiro atoms. The van der Waals surface area contributed by atoms with E-state index in [1.165, 1.54) is 19.2 Å². The molecule has 0 aliphatic carbocycles. The number of esters is 1. The lowest BCUT2D eigenvalue weighted by Gasteiger charge is -2.28. The van der Waals surface area contributed by atoms with E-state index in [2.05, 4.69) is 12.5 Å². The van der Waals surface area contributed by atoms with Gasteiger partial charge in [0, 0.05) is 5.56 Å². The molecule has 32 heavy (non-hydrogen) atoms. The van der Waals surface area contributed by atoms with Crippen molar-refractivity contribution in [2.24, 2.45) is 0 Å². The molecule has 3 aromatic rings. The molecule has 1 unspecified atom stereocenters. The standard InChI is InChI=1S/C25H23NO5S/c1-5-17-26(32(28,29)21-13-11-18(2)12-14-21)24(19(3)25(27)30-4)23-16-15-22(31-23)20-9-7-6-8-10-20/h1,6-16,24H,3,17H2,2,4H3. The van der Waals surface area contributed by atoms with Crippen LogP contribution >= 0.6 is 0 Å². The number of carbonyl (C=O) groups excluding carboxylic acids is 1. The van der Waals surface area contributed by atoms with Crippen LogP contribution in [0.15, 0.2) is 88.2 Å². The Morgan fingerprint density at radius 2 is 1.78 bits per heavy atom. The summed E-state index contributed by atoms with van der Waals surface area (Å²) in [5, 5.41) is 0. The maximum Gasteiger partial charge on any atom is 0.335 e. The van der Waals surface area contributed by atoms with Crippen LogP contribution < -0.4 is 0 Å². The van der Waals surface area contributed by atoms with Gasteiger partial charge in [0.05, 0.1) is 24.1 Å². The van der Waals surface area contributed by atoms with Crippen molar-refractivity contribution in [3.05, 3.63) is 90.2 Å². The summed E-state index contributed by atoms with van der Waals surface area (Å²) in [7, 11) is -2.91. The fraction of sp³-hybridized carbons (Fsp3) is 0.160. The molecule has 2 aromatic carbocycles. The fourth-order valence-corrected chi connectivity index (χ4v) is 4.74. The van der Waals surface area contributed by atoms with E-state index in [4.69, 9.17) is 15.6 Å². The molecule has 0 saturated heterocycles. The number of hydrogen-bond donors (Lipinski definition) is 0. The largest absolute Gasteiger partial charge is 0.466 e. The third-order valence-corrected chi connectivity index (χ3v) is 6.72. The summed E-state index contributed by atoms with van der Waals surface area (Å²) in [5.74, 6) is 2.31. The average molecular weight is 450 g/mol. The zero-order valence-electron chi connectivity index (χ0n) is 17.8. The van der Waals surface area contributed by atoms with Gasteiger partial charge in [0.2, 0.25) is 10.0 Å². The van der Waals surface area contributed by atoms with Gasteiger partial charge in [-0.05, 0) is 31.2 Å². The van der Waals surface area contributed by atoms with Crippen molar-refractivity contribution < 1.29 is 22.4 Å². The normalized spacial score (nSPS) is 12.2. The maximum absolute atomic E-state index is 13.5. The lowest BCUT2D eigenvalue weighted by molar-refractivity contribution is -0.136. The van der Waals surface area contributed by atoms with Gasteiger partial charge < -0.3 is 9.15 Å². The first kappa shape index (κ1) is 23.1. The van der Waals surface area contributed by atoms with Crippen molar-refractivity contribution in [3.63, 3.8) is 0 Å². The maximum atomic E-state index is 13.5. The Hall–Kier alpha value is -3.60. The van der Waals surface area contributed by atoms with E-state index in [0.29, 0.717) is 5.76 Å². The highest BCUT2D eigenvalue weighted by Gasteiger charge is 2.38. The number of furan rings is 1. The molecule has 7 heteroatoms. The third-order valence-electron chi connectivity index (χ3n) is 4.89. The predicted molar refractivity (Wildman–Crippen MR) is 122 cm³/mol. The SMILES string of the molecule is C#CCN(C(C(=C)C(=O)OC)c1ccc(-c2ccccc2)o1)S(=O)(=O)c1ccc(C)cc1. The molecular weight excluding hydrogens is 426 g/mol. The van der Waals surface area contributed by atoms with Crippen LogP contribution in [0.3, 0.4) is 0 Å². The smallest absolute Gasteiger partial charge is 0.335 e. The van der Waals surface area contributed by atoms with Crippen LogP contribution in [0, 0.1) is 19.3 Å². The number of hydrogen-bond acceptors (Lipinski definition) is 5. The summed E-state index contributed by atoms with van der Waals surface area (Å²) < 4.78 is 38.9. The highest BCUT2D eigenvalue weighted by atomic mass is 32.2. The molecule has 0 aliphatic rings. The lowest BCUT2D eigenvalue weighted by atomic mass is 10.1. The van der Waals surface area contributed by atoms with Crippen molar-refractivity contribution in [2.45, 2.75) is 17.9 Å². The first-order valence-electron chi connectivity index (χ1n) is 9.74. The van der Waals surface area contributed by atoms with Gasteiger partial charge in [0.15, 0.2) is 0 Å². The summed E-state index contributed by atoms with van der Waals surface area (Å²) in [6.45, 7) is 5.34. The van der Waals surface area contributed by atoms with Crippen molar-refractivity contribution >= 4 is 16.0 Å². The number of carbonyl (C=O) groups is 1. The van der Waals surface area contributed by atoms with Gasteiger partial charge in [-0.25, -0.2) is 13.2 Å². The first-order valence-corrected chi connectivity index (χ1v) is 11.2. The summed E-state index contributed by atoms with van der Waals surface area (Å²) >= 11 is 0. The quantitative estimate of drug-likeness (QED) is 0.290. The molecule has 0 fully saturated rings. The molecule has 0 N–H and O–H groups in total. The summed E-state index contributed by atoms with van der Waals surface area (Å²) in [6.07, 6.45) is 5.52. The second-order valence-corrected chi connectivity index (χ2v) is 8.95. The second-order valence-electron chi connectivity index (χ2n) is 7.05. The predicted octanol–water partition coefficient (Wildman–Crippen LogP) is 4.35. The number of methoxy groups -OCH3 is 1. The Morgan fingerprint density at radius 3 is 2.38 bits per heavy atom. The molecular formula is C25H23NO5S. The van der Waals surface area contributed by atoms with Gasteiger partial charge in [0.1, 0.15) is 17.6 Å². The molecule has 164 valence electrons. The van der Waals surface area contributed by atoms with Crippen LogP contribution in [-0.4, -0.2) is 32.3 Å². The number of nitrogens with zero attached hydrogens (tertiary/aromatic N) is 1. The molecule has 1 aromatic heterocycles. The Balaban J connectivity index is 2.14. The average Bonchev–Trinajstić information content (AvgIpc) is 3.28. The van der Waals surface area contributed by atoms with E-state index in [9.17, 15) is 13.2 Å². The number of sulfonamides is 1. The molecule has 0 saturated carbocycles. The van der Waals surface area contributed by atoms with Crippen LogP contribution in [-0.2, 0) is 19.6 Å².